The number of benzene rings is 2. The summed E-state index contributed by atoms with van der Waals surface area (Å²) in [5.74, 6) is 1.42. The number of unbranched alkanes of at least 4 members (excludes halogenated alkanes) is 3. The molecule has 0 bridgehead atoms. The number of halogens is 3. The number of nitrogens with zero attached hydrogens (tertiary/aromatic N) is 3. The molecule has 1 N–H and O–H groups in total. The molecule has 1 aromatic heterocycles. The molecule has 0 spiro atoms. The van der Waals surface area contributed by atoms with Crippen LogP contribution in [0, 0.1) is 6.92 Å². The molecule has 0 fully saturated rings. The molecular weight excluding hydrogens is 483 g/mol. The SMILES string of the molecule is CCCCCCOc1ccc(C(=O)Nc2ccc(-c3nc(C)nc(C(Cl)(Cl)Cl)n3)cc2)cc1. The van der Waals surface area contributed by atoms with Crippen LogP contribution in [0.2, 0.25) is 0 Å². The van der Waals surface area contributed by atoms with Crippen LogP contribution in [-0.2, 0) is 3.79 Å². The Labute approximate surface area is 208 Å². The van der Waals surface area contributed by atoms with Gasteiger partial charge in [0, 0.05) is 16.8 Å². The van der Waals surface area contributed by atoms with Crippen molar-refractivity contribution in [1.29, 1.82) is 0 Å². The third kappa shape index (κ3) is 7.56. The van der Waals surface area contributed by atoms with Gasteiger partial charge in [0.15, 0.2) is 11.6 Å². The van der Waals surface area contributed by atoms with Crippen LogP contribution in [-0.4, -0.2) is 27.5 Å². The lowest BCUT2D eigenvalue weighted by Gasteiger charge is -2.11. The van der Waals surface area contributed by atoms with Crippen LogP contribution >= 0.6 is 34.8 Å². The molecule has 0 saturated heterocycles. The lowest BCUT2D eigenvalue weighted by molar-refractivity contribution is 0.102. The van der Waals surface area contributed by atoms with E-state index in [1.54, 1.807) is 43.3 Å². The maximum absolute atomic E-state index is 12.6. The molecule has 33 heavy (non-hydrogen) atoms. The van der Waals surface area contributed by atoms with Crippen LogP contribution in [0.3, 0.4) is 0 Å². The molecule has 9 heteroatoms. The van der Waals surface area contributed by atoms with Crippen LogP contribution in [0.1, 0.15) is 54.6 Å². The van der Waals surface area contributed by atoms with Crippen molar-refractivity contribution < 1.29 is 9.53 Å². The number of nitrogens with one attached hydrogen (secondary N) is 1. The van der Waals surface area contributed by atoms with Crippen LogP contribution in [0.25, 0.3) is 11.4 Å². The Hall–Kier alpha value is -2.41. The van der Waals surface area contributed by atoms with Gasteiger partial charge in [-0.25, -0.2) is 15.0 Å². The number of aryl methyl sites for hydroxylation is 1. The second kappa shape index (κ2) is 11.6. The Balaban J connectivity index is 1.61. The maximum Gasteiger partial charge on any atom is 0.255 e. The zero-order valence-corrected chi connectivity index (χ0v) is 20.7. The molecule has 1 heterocycles. The molecule has 0 radical (unpaired) electrons. The van der Waals surface area contributed by atoms with Gasteiger partial charge in [-0.15, -0.1) is 0 Å². The second-order valence-corrected chi connectivity index (χ2v) is 9.77. The first-order valence-corrected chi connectivity index (χ1v) is 11.8. The molecule has 3 aromatic rings. The van der Waals surface area contributed by atoms with Gasteiger partial charge < -0.3 is 10.1 Å². The number of alkyl halides is 3. The molecule has 0 aliphatic rings. The summed E-state index contributed by atoms with van der Waals surface area (Å²) in [7, 11) is 0. The Morgan fingerprint density at radius 2 is 1.64 bits per heavy atom. The van der Waals surface area contributed by atoms with E-state index in [-0.39, 0.29) is 11.7 Å². The summed E-state index contributed by atoms with van der Waals surface area (Å²) < 4.78 is 3.98. The number of amides is 1. The normalized spacial score (nSPS) is 11.3. The third-order valence-corrected chi connectivity index (χ3v) is 5.29. The van der Waals surface area contributed by atoms with Crippen molar-refractivity contribution in [2.24, 2.45) is 0 Å². The van der Waals surface area contributed by atoms with Gasteiger partial charge in [0.25, 0.3) is 5.91 Å². The average molecular weight is 508 g/mol. The highest BCUT2D eigenvalue weighted by Crippen LogP contribution is 2.36. The van der Waals surface area contributed by atoms with Gasteiger partial charge in [-0.1, -0.05) is 61.0 Å². The molecule has 174 valence electrons. The van der Waals surface area contributed by atoms with E-state index in [0.29, 0.717) is 35.1 Å². The molecule has 3 rings (SSSR count). The fourth-order valence-electron chi connectivity index (χ4n) is 3.06. The highest BCUT2D eigenvalue weighted by molar-refractivity contribution is 6.66. The topological polar surface area (TPSA) is 77.0 Å². The van der Waals surface area contributed by atoms with Gasteiger partial charge in [-0.05, 0) is 61.9 Å². The molecule has 0 unspecified atom stereocenters. The van der Waals surface area contributed by atoms with Crippen LogP contribution in [0.4, 0.5) is 5.69 Å². The maximum atomic E-state index is 12.6. The summed E-state index contributed by atoms with van der Waals surface area (Å²) in [4.78, 5) is 25.2. The summed E-state index contributed by atoms with van der Waals surface area (Å²) in [5.41, 5.74) is 1.87. The minimum Gasteiger partial charge on any atom is -0.494 e. The van der Waals surface area contributed by atoms with Gasteiger partial charge in [-0.3, -0.25) is 4.79 Å². The zero-order chi connectivity index (χ0) is 23.8. The molecule has 0 aliphatic carbocycles. The standard InChI is InChI=1S/C24H25Cl3N4O2/c1-3-4-5-6-15-33-20-13-9-18(10-14-20)22(32)30-19-11-7-17(8-12-19)21-28-16(2)29-23(31-21)24(25,26)27/h7-14H,3-6,15H2,1-2H3,(H,30,32). The van der Waals surface area contributed by atoms with E-state index in [9.17, 15) is 4.79 Å². The van der Waals surface area contributed by atoms with Gasteiger partial charge in [0.05, 0.1) is 6.61 Å². The highest BCUT2D eigenvalue weighted by atomic mass is 35.6. The highest BCUT2D eigenvalue weighted by Gasteiger charge is 2.28. The first-order chi connectivity index (χ1) is 15.8. The van der Waals surface area contributed by atoms with Crippen molar-refractivity contribution in [1.82, 2.24) is 15.0 Å². The van der Waals surface area contributed by atoms with E-state index in [1.165, 1.54) is 12.8 Å². The number of anilines is 1. The minimum absolute atomic E-state index is 0.0563. The fraction of sp³-hybridized carbons (Fsp3) is 0.333. The predicted molar refractivity (Wildman–Crippen MR) is 133 cm³/mol. The molecule has 6 nitrogen and oxygen atoms in total. The van der Waals surface area contributed by atoms with E-state index in [2.05, 4.69) is 27.2 Å². The van der Waals surface area contributed by atoms with Crippen LogP contribution in [0.5, 0.6) is 5.75 Å². The Kier molecular flexibility index (Phi) is 8.89. The number of hydrogen-bond acceptors (Lipinski definition) is 5. The summed E-state index contributed by atoms with van der Waals surface area (Å²) in [6.45, 7) is 4.56. The number of carbonyl (C=O) groups is 1. The van der Waals surface area contributed by atoms with E-state index in [1.807, 2.05) is 12.1 Å². The lowest BCUT2D eigenvalue weighted by Crippen LogP contribution is -2.12. The van der Waals surface area contributed by atoms with Gasteiger partial charge in [-0.2, -0.15) is 0 Å². The van der Waals surface area contributed by atoms with E-state index >= 15 is 0 Å². The summed E-state index contributed by atoms with van der Waals surface area (Å²) in [6, 6.07) is 14.2. The van der Waals surface area contributed by atoms with Gasteiger partial charge in [0.2, 0.25) is 3.79 Å². The summed E-state index contributed by atoms with van der Waals surface area (Å²) in [6.07, 6.45) is 4.61. The second-order valence-electron chi connectivity index (χ2n) is 7.49. The molecule has 0 aliphatic heterocycles. The van der Waals surface area contributed by atoms with Crippen molar-refractivity contribution >= 4 is 46.4 Å². The average Bonchev–Trinajstić information content (AvgIpc) is 2.79. The smallest absolute Gasteiger partial charge is 0.255 e. The minimum atomic E-state index is -1.74. The fourth-order valence-corrected chi connectivity index (χ4v) is 3.32. The Bertz CT molecular complexity index is 1070. The number of rotatable bonds is 9. The Morgan fingerprint density at radius 1 is 0.939 bits per heavy atom. The van der Waals surface area contributed by atoms with E-state index in [0.717, 1.165) is 18.6 Å². The number of carbonyl (C=O) groups excluding carboxylic acids is 1. The Morgan fingerprint density at radius 3 is 2.27 bits per heavy atom. The van der Waals surface area contributed by atoms with Crippen molar-refractivity contribution in [3.8, 4) is 17.1 Å². The number of aromatic nitrogens is 3. The molecule has 0 saturated carbocycles. The summed E-state index contributed by atoms with van der Waals surface area (Å²) in [5, 5.41) is 2.87. The summed E-state index contributed by atoms with van der Waals surface area (Å²) >= 11 is 17.7. The first kappa shape index (κ1) is 25.2. The number of hydrogen-bond donors (Lipinski definition) is 1. The molecular formula is C24H25Cl3N4O2. The third-order valence-electron chi connectivity index (χ3n) is 4.78. The van der Waals surface area contributed by atoms with E-state index < -0.39 is 3.79 Å². The van der Waals surface area contributed by atoms with Gasteiger partial charge >= 0.3 is 0 Å². The molecule has 2 aromatic carbocycles. The van der Waals surface area contributed by atoms with Crippen molar-refractivity contribution in [3.63, 3.8) is 0 Å². The van der Waals surface area contributed by atoms with Crippen molar-refractivity contribution in [2.75, 3.05) is 11.9 Å². The first-order valence-electron chi connectivity index (χ1n) is 10.7. The van der Waals surface area contributed by atoms with Gasteiger partial charge in [0.1, 0.15) is 11.6 Å². The lowest BCUT2D eigenvalue weighted by atomic mass is 10.1. The number of ether oxygens (including phenoxy) is 1. The monoisotopic (exact) mass is 506 g/mol. The largest absolute Gasteiger partial charge is 0.494 e. The zero-order valence-electron chi connectivity index (χ0n) is 18.4. The quantitative estimate of drug-likeness (QED) is 0.252. The van der Waals surface area contributed by atoms with Crippen molar-refractivity contribution in [3.05, 3.63) is 65.7 Å². The molecule has 1 amide bonds. The van der Waals surface area contributed by atoms with E-state index in [4.69, 9.17) is 39.5 Å². The molecule has 0 atom stereocenters. The van der Waals surface area contributed by atoms with Crippen LogP contribution < -0.4 is 10.1 Å². The van der Waals surface area contributed by atoms with Crippen molar-refractivity contribution in [2.45, 2.75) is 43.3 Å². The predicted octanol–water partition coefficient (Wildman–Crippen LogP) is 6.89. The van der Waals surface area contributed by atoms with Crippen LogP contribution in [0.15, 0.2) is 48.5 Å².